The predicted octanol–water partition coefficient (Wildman–Crippen LogP) is 10.7. The van der Waals surface area contributed by atoms with Gasteiger partial charge >= 0.3 is 0 Å². The van der Waals surface area contributed by atoms with Crippen LogP contribution in [0.15, 0.2) is 146 Å². The minimum atomic E-state index is -0.514. The van der Waals surface area contributed by atoms with Gasteiger partial charge in [0, 0.05) is 18.6 Å². The molecule has 1 aliphatic carbocycles. The lowest BCUT2D eigenvalue weighted by atomic mass is 9.72. The Labute approximate surface area is 274 Å². The summed E-state index contributed by atoms with van der Waals surface area (Å²) in [6, 6.07) is 52.8. The van der Waals surface area contributed by atoms with Crippen LogP contribution in [0.3, 0.4) is 0 Å². The first-order valence-corrected chi connectivity index (χ1v) is 16.5. The molecule has 1 aliphatic rings. The van der Waals surface area contributed by atoms with Gasteiger partial charge in [-0.2, -0.15) is 0 Å². The van der Waals surface area contributed by atoms with Gasteiger partial charge in [0.2, 0.25) is 0 Å². The van der Waals surface area contributed by atoms with Gasteiger partial charge in [-0.1, -0.05) is 121 Å². The molecule has 8 aromatic rings. The van der Waals surface area contributed by atoms with Crippen LogP contribution in [-0.4, -0.2) is 23.4 Å². The molecule has 9 rings (SSSR count). The fourth-order valence-corrected chi connectivity index (χ4v) is 8.46. The number of rotatable bonds is 6. The van der Waals surface area contributed by atoms with E-state index in [1.165, 1.54) is 76.5 Å². The number of hydrogen-bond acceptors (Lipinski definition) is 2. The predicted molar refractivity (Wildman–Crippen MR) is 197 cm³/mol. The molecule has 2 heteroatoms. The van der Waals surface area contributed by atoms with E-state index in [9.17, 15) is 10.2 Å². The lowest BCUT2D eigenvalue weighted by molar-refractivity contribution is 0.213. The highest BCUT2D eigenvalue weighted by atomic mass is 16.3. The van der Waals surface area contributed by atoms with Gasteiger partial charge in [-0.05, 0) is 125 Å². The normalized spacial score (nSPS) is 13.4. The summed E-state index contributed by atoms with van der Waals surface area (Å²) in [4.78, 5) is 0. The highest BCUT2D eigenvalue weighted by Crippen LogP contribution is 2.55. The highest BCUT2D eigenvalue weighted by Gasteiger charge is 2.43. The average molecular weight is 607 g/mol. The maximum absolute atomic E-state index is 10.6. The van der Waals surface area contributed by atoms with Crippen molar-refractivity contribution in [3.05, 3.63) is 157 Å². The van der Waals surface area contributed by atoms with Gasteiger partial charge in [0.05, 0.1) is 0 Å². The minimum Gasteiger partial charge on any atom is -0.396 e. The van der Waals surface area contributed by atoms with E-state index in [2.05, 4.69) is 146 Å². The topological polar surface area (TPSA) is 40.5 Å². The first kappa shape index (κ1) is 28.0. The Morgan fingerprint density at radius 1 is 0.362 bits per heavy atom. The van der Waals surface area contributed by atoms with Gasteiger partial charge in [-0.25, -0.2) is 0 Å². The maximum Gasteiger partial charge on any atom is 0.0442 e. The van der Waals surface area contributed by atoms with E-state index in [0.29, 0.717) is 12.8 Å². The summed E-state index contributed by atoms with van der Waals surface area (Å²) in [7, 11) is 0. The van der Waals surface area contributed by atoms with Crippen molar-refractivity contribution in [3.8, 4) is 33.4 Å². The fraction of sp³-hybridized carbons (Fsp3) is 0.111. The molecule has 0 heterocycles. The second-order valence-electron chi connectivity index (χ2n) is 12.9. The Balaban J connectivity index is 1.27. The Kier molecular flexibility index (Phi) is 6.50. The van der Waals surface area contributed by atoms with E-state index in [0.717, 1.165) is 11.1 Å². The zero-order valence-corrected chi connectivity index (χ0v) is 26.1. The number of aliphatic hydroxyl groups is 2. The molecule has 0 unspecified atom stereocenters. The number of benzene rings is 8. The van der Waals surface area contributed by atoms with Crippen molar-refractivity contribution >= 4 is 43.1 Å². The highest BCUT2D eigenvalue weighted by molar-refractivity contribution is 6.15. The molecule has 2 N–H and O–H groups in total. The van der Waals surface area contributed by atoms with Crippen LogP contribution in [0.5, 0.6) is 0 Å². The zero-order valence-electron chi connectivity index (χ0n) is 26.1. The third-order valence-electron chi connectivity index (χ3n) is 10.6. The summed E-state index contributed by atoms with van der Waals surface area (Å²) in [5, 5.41) is 31.0. The van der Waals surface area contributed by atoms with E-state index >= 15 is 0 Å². The van der Waals surface area contributed by atoms with Crippen LogP contribution in [0, 0.1) is 0 Å². The molecule has 0 spiro atoms. The molecule has 0 amide bonds. The SMILES string of the molecule is OCCC1(CCO)c2cc(-c3cc4ccccc4c4ccccc34)ccc2-c2ccc(-c3cc4ccccc4c4ccccc34)cc21. The van der Waals surface area contributed by atoms with Crippen molar-refractivity contribution in [2.45, 2.75) is 18.3 Å². The van der Waals surface area contributed by atoms with Crippen LogP contribution < -0.4 is 0 Å². The Bertz CT molecular complexity index is 2330. The molecule has 0 aliphatic heterocycles. The van der Waals surface area contributed by atoms with Crippen LogP contribution in [0.25, 0.3) is 76.5 Å². The van der Waals surface area contributed by atoms with Gasteiger partial charge in [-0.15, -0.1) is 0 Å². The molecule has 47 heavy (non-hydrogen) atoms. The molecule has 0 fully saturated rings. The van der Waals surface area contributed by atoms with Crippen LogP contribution in [0.1, 0.15) is 24.0 Å². The van der Waals surface area contributed by atoms with Gasteiger partial charge in [0.1, 0.15) is 0 Å². The molecule has 0 atom stereocenters. The smallest absolute Gasteiger partial charge is 0.0442 e. The maximum atomic E-state index is 10.6. The molecular weight excluding hydrogens is 572 g/mol. The summed E-state index contributed by atoms with van der Waals surface area (Å²) in [5.41, 5.74) is 8.93. The minimum absolute atomic E-state index is 0.0329. The largest absolute Gasteiger partial charge is 0.396 e. The van der Waals surface area contributed by atoms with Crippen LogP contribution in [-0.2, 0) is 5.41 Å². The lowest BCUT2D eigenvalue weighted by Crippen LogP contribution is -2.28. The van der Waals surface area contributed by atoms with Gasteiger partial charge in [0.25, 0.3) is 0 Å². The fourth-order valence-electron chi connectivity index (χ4n) is 8.46. The molecule has 0 radical (unpaired) electrons. The number of fused-ring (bicyclic) bond motifs is 9. The molecule has 0 saturated heterocycles. The van der Waals surface area contributed by atoms with Crippen molar-refractivity contribution in [1.82, 2.24) is 0 Å². The van der Waals surface area contributed by atoms with E-state index in [4.69, 9.17) is 0 Å². The van der Waals surface area contributed by atoms with E-state index < -0.39 is 5.41 Å². The second-order valence-corrected chi connectivity index (χ2v) is 12.9. The quantitative estimate of drug-likeness (QED) is 0.185. The van der Waals surface area contributed by atoms with E-state index in [-0.39, 0.29) is 13.2 Å². The van der Waals surface area contributed by atoms with Crippen molar-refractivity contribution < 1.29 is 10.2 Å². The average Bonchev–Trinajstić information content (AvgIpc) is 3.39. The summed E-state index contributed by atoms with van der Waals surface area (Å²) < 4.78 is 0. The summed E-state index contributed by atoms with van der Waals surface area (Å²) in [5.74, 6) is 0. The molecule has 0 bridgehead atoms. The Morgan fingerprint density at radius 3 is 1.17 bits per heavy atom. The Hall–Kier alpha value is -5.28. The van der Waals surface area contributed by atoms with Gasteiger partial charge in [-0.3, -0.25) is 0 Å². The first-order valence-electron chi connectivity index (χ1n) is 16.5. The molecule has 8 aromatic carbocycles. The van der Waals surface area contributed by atoms with Crippen LogP contribution in [0.2, 0.25) is 0 Å². The molecular formula is C45H34O2. The van der Waals surface area contributed by atoms with Crippen LogP contribution >= 0.6 is 0 Å². The van der Waals surface area contributed by atoms with Crippen molar-refractivity contribution in [1.29, 1.82) is 0 Å². The van der Waals surface area contributed by atoms with Crippen molar-refractivity contribution in [2.24, 2.45) is 0 Å². The van der Waals surface area contributed by atoms with E-state index in [1.54, 1.807) is 0 Å². The van der Waals surface area contributed by atoms with Crippen molar-refractivity contribution in [3.63, 3.8) is 0 Å². The molecule has 2 nitrogen and oxygen atoms in total. The summed E-state index contributed by atoms with van der Waals surface area (Å²) >= 11 is 0. The second kappa shape index (κ2) is 10.9. The molecule has 0 aromatic heterocycles. The summed E-state index contributed by atoms with van der Waals surface area (Å²) in [6.45, 7) is 0.0658. The third kappa shape index (κ3) is 4.19. The monoisotopic (exact) mass is 606 g/mol. The van der Waals surface area contributed by atoms with Crippen molar-refractivity contribution in [2.75, 3.05) is 13.2 Å². The first-order chi connectivity index (χ1) is 23.2. The zero-order chi connectivity index (χ0) is 31.5. The third-order valence-corrected chi connectivity index (χ3v) is 10.6. The lowest BCUT2D eigenvalue weighted by Gasteiger charge is -2.32. The number of aliphatic hydroxyl groups excluding tert-OH is 2. The van der Waals surface area contributed by atoms with Crippen LogP contribution in [0.4, 0.5) is 0 Å². The summed E-state index contributed by atoms with van der Waals surface area (Å²) in [6.07, 6.45) is 1.08. The Morgan fingerprint density at radius 2 is 0.745 bits per heavy atom. The molecule has 226 valence electrons. The van der Waals surface area contributed by atoms with E-state index in [1.807, 2.05) is 0 Å². The molecule has 0 saturated carbocycles. The van der Waals surface area contributed by atoms with Gasteiger partial charge in [0.15, 0.2) is 0 Å². The standard InChI is InChI=1S/C45H34O2/c46-23-21-45(22-24-47)43-27-31(41-25-29-9-1-3-11-33(29)35-13-5-7-15-37(35)41)17-19-39(43)40-20-18-32(28-44(40)45)42-26-30-10-2-4-12-34(30)36-14-6-8-16-38(36)42/h1-20,25-28,46-47H,21-24H2. The van der Waals surface area contributed by atoms with Gasteiger partial charge < -0.3 is 10.2 Å². The number of hydrogen-bond donors (Lipinski definition) is 2.